The number of phenols is 1. The third-order valence-electron chi connectivity index (χ3n) is 5.39. The third-order valence-corrected chi connectivity index (χ3v) is 5.39. The molecule has 0 aliphatic rings. The van der Waals surface area contributed by atoms with Gasteiger partial charge in [-0.2, -0.15) is 0 Å². The summed E-state index contributed by atoms with van der Waals surface area (Å²) in [5.74, 6) is -0.736. The van der Waals surface area contributed by atoms with Crippen LogP contribution in [0.1, 0.15) is 15.9 Å². The number of esters is 1. The molecule has 35 heavy (non-hydrogen) atoms. The molecule has 4 aromatic carbocycles. The van der Waals surface area contributed by atoms with Gasteiger partial charge in [0.15, 0.2) is 5.76 Å². The summed E-state index contributed by atoms with van der Waals surface area (Å²) in [6.45, 7) is 0.143. The molecule has 6 heteroatoms. The lowest BCUT2D eigenvalue weighted by atomic mass is 10.1. The molecule has 0 saturated carbocycles. The van der Waals surface area contributed by atoms with Gasteiger partial charge < -0.3 is 19.0 Å². The zero-order valence-corrected chi connectivity index (χ0v) is 18.5. The number of hydrogen-bond acceptors (Lipinski definition) is 6. The van der Waals surface area contributed by atoms with E-state index in [9.17, 15) is 14.7 Å². The molecule has 0 fully saturated rings. The van der Waals surface area contributed by atoms with Crippen molar-refractivity contribution >= 4 is 16.9 Å². The van der Waals surface area contributed by atoms with E-state index >= 15 is 0 Å². The maximum atomic E-state index is 13.5. The summed E-state index contributed by atoms with van der Waals surface area (Å²) in [5.41, 5.74) is 1.39. The summed E-state index contributed by atoms with van der Waals surface area (Å²) in [5, 5.41) is 10.6. The lowest BCUT2D eigenvalue weighted by Crippen LogP contribution is -2.11. The Morgan fingerprint density at radius 3 is 2.14 bits per heavy atom. The molecule has 0 atom stereocenters. The highest BCUT2D eigenvalue weighted by Crippen LogP contribution is 2.36. The van der Waals surface area contributed by atoms with Crippen molar-refractivity contribution in [1.29, 1.82) is 0 Å². The van der Waals surface area contributed by atoms with Crippen LogP contribution in [0.15, 0.2) is 112 Å². The molecule has 0 amide bonds. The Morgan fingerprint density at radius 2 is 1.46 bits per heavy atom. The molecule has 0 radical (unpaired) electrons. The topological polar surface area (TPSA) is 86.0 Å². The quantitative estimate of drug-likeness (QED) is 0.246. The molecule has 0 aliphatic heterocycles. The number of ether oxygens (including phenoxy) is 2. The van der Waals surface area contributed by atoms with Crippen molar-refractivity contribution in [2.45, 2.75) is 6.61 Å². The monoisotopic (exact) mass is 464 g/mol. The van der Waals surface area contributed by atoms with Gasteiger partial charge in [0.1, 0.15) is 29.1 Å². The number of aromatic hydroxyl groups is 1. The predicted octanol–water partition coefficient (Wildman–Crippen LogP) is 5.96. The maximum absolute atomic E-state index is 13.5. The minimum atomic E-state index is -0.599. The van der Waals surface area contributed by atoms with Gasteiger partial charge in [0.05, 0.1) is 5.56 Å². The van der Waals surface area contributed by atoms with E-state index in [1.54, 1.807) is 42.5 Å². The van der Waals surface area contributed by atoms with Gasteiger partial charge in [-0.1, -0.05) is 78.9 Å². The molecule has 5 aromatic rings. The van der Waals surface area contributed by atoms with Crippen molar-refractivity contribution in [3.8, 4) is 28.6 Å². The zero-order valence-electron chi connectivity index (χ0n) is 18.5. The van der Waals surface area contributed by atoms with Crippen LogP contribution in [-0.4, -0.2) is 11.1 Å². The standard InChI is InChI=1S/C29H20O6/c30-23-16-22(34-29(32)21-14-8-3-9-15-21)17-24-25(23)26(31)28(33-18-19-10-4-1-5-11-19)27(35-24)20-12-6-2-7-13-20/h1-17,30H,18H2. The fourth-order valence-electron chi connectivity index (χ4n) is 3.70. The molecule has 0 aliphatic carbocycles. The van der Waals surface area contributed by atoms with Crippen molar-refractivity contribution < 1.29 is 23.8 Å². The van der Waals surface area contributed by atoms with Gasteiger partial charge in [-0.25, -0.2) is 4.79 Å². The number of benzene rings is 4. The fraction of sp³-hybridized carbons (Fsp3) is 0.0345. The predicted molar refractivity (Wildman–Crippen MR) is 132 cm³/mol. The average Bonchev–Trinajstić information content (AvgIpc) is 2.89. The molecule has 1 aromatic heterocycles. The number of hydrogen-bond donors (Lipinski definition) is 1. The van der Waals surface area contributed by atoms with Gasteiger partial charge in [-0.15, -0.1) is 0 Å². The Balaban J connectivity index is 1.59. The molecule has 6 nitrogen and oxygen atoms in total. The van der Waals surface area contributed by atoms with Crippen LogP contribution in [-0.2, 0) is 6.61 Å². The van der Waals surface area contributed by atoms with Gasteiger partial charge in [0.2, 0.25) is 11.2 Å². The highest BCUT2D eigenvalue weighted by Gasteiger charge is 2.22. The summed E-state index contributed by atoms with van der Waals surface area (Å²) in [7, 11) is 0. The molecule has 0 spiro atoms. The Hall–Kier alpha value is -4.84. The largest absolute Gasteiger partial charge is 0.507 e. The van der Waals surface area contributed by atoms with Crippen LogP contribution in [0.2, 0.25) is 0 Å². The van der Waals surface area contributed by atoms with E-state index in [0.29, 0.717) is 11.1 Å². The number of phenolic OH excluding ortho intramolecular Hbond substituents is 1. The zero-order chi connectivity index (χ0) is 24.2. The van der Waals surface area contributed by atoms with Crippen molar-refractivity contribution in [2.75, 3.05) is 0 Å². The van der Waals surface area contributed by atoms with Crippen LogP contribution in [0, 0.1) is 0 Å². The third kappa shape index (κ3) is 4.63. The van der Waals surface area contributed by atoms with Gasteiger partial charge >= 0.3 is 5.97 Å². The minimum Gasteiger partial charge on any atom is -0.507 e. The second-order valence-corrected chi connectivity index (χ2v) is 7.80. The Labute approximate surface area is 200 Å². The van der Waals surface area contributed by atoms with Crippen LogP contribution >= 0.6 is 0 Å². The molecular weight excluding hydrogens is 444 g/mol. The maximum Gasteiger partial charge on any atom is 0.343 e. The Morgan fingerprint density at radius 1 is 0.829 bits per heavy atom. The van der Waals surface area contributed by atoms with Gasteiger partial charge in [0.25, 0.3) is 0 Å². The number of carbonyl (C=O) groups is 1. The van der Waals surface area contributed by atoms with E-state index in [4.69, 9.17) is 13.9 Å². The molecule has 1 heterocycles. The highest BCUT2D eigenvalue weighted by atomic mass is 16.5. The van der Waals surface area contributed by atoms with Crippen LogP contribution in [0.4, 0.5) is 0 Å². The van der Waals surface area contributed by atoms with E-state index in [2.05, 4.69) is 0 Å². The fourth-order valence-corrected chi connectivity index (χ4v) is 3.70. The Kier molecular flexibility index (Phi) is 6.01. The van der Waals surface area contributed by atoms with E-state index < -0.39 is 11.4 Å². The number of fused-ring (bicyclic) bond motifs is 1. The summed E-state index contributed by atoms with van der Waals surface area (Å²) in [6.07, 6.45) is 0. The second-order valence-electron chi connectivity index (χ2n) is 7.80. The lowest BCUT2D eigenvalue weighted by molar-refractivity contribution is 0.0734. The molecule has 172 valence electrons. The molecule has 0 bridgehead atoms. The minimum absolute atomic E-state index is 0.0168. The SMILES string of the molecule is O=C(Oc1cc(O)c2c(=O)c(OCc3ccccc3)c(-c3ccccc3)oc2c1)c1ccccc1. The van der Waals surface area contributed by atoms with Crippen molar-refractivity contribution in [2.24, 2.45) is 0 Å². The first-order chi connectivity index (χ1) is 17.1. The summed E-state index contributed by atoms with van der Waals surface area (Å²) >= 11 is 0. The van der Waals surface area contributed by atoms with Gasteiger partial charge in [0, 0.05) is 17.7 Å². The Bertz CT molecular complexity index is 1540. The van der Waals surface area contributed by atoms with Gasteiger partial charge in [-0.3, -0.25) is 4.79 Å². The molecular formula is C29H20O6. The molecule has 1 N–H and O–H groups in total. The normalized spacial score (nSPS) is 10.7. The van der Waals surface area contributed by atoms with Crippen molar-refractivity contribution in [3.63, 3.8) is 0 Å². The van der Waals surface area contributed by atoms with Crippen LogP contribution in [0.25, 0.3) is 22.3 Å². The number of rotatable bonds is 6. The van der Waals surface area contributed by atoms with Gasteiger partial charge in [-0.05, 0) is 17.7 Å². The lowest BCUT2D eigenvalue weighted by Gasteiger charge is -2.13. The van der Waals surface area contributed by atoms with Crippen LogP contribution < -0.4 is 14.9 Å². The van der Waals surface area contributed by atoms with Crippen LogP contribution in [0.5, 0.6) is 17.2 Å². The second kappa shape index (κ2) is 9.57. The molecule has 0 saturated heterocycles. The highest BCUT2D eigenvalue weighted by molar-refractivity contribution is 5.93. The summed E-state index contributed by atoms with van der Waals surface area (Å²) in [4.78, 5) is 25.9. The summed E-state index contributed by atoms with van der Waals surface area (Å²) < 4.78 is 17.4. The van der Waals surface area contributed by atoms with E-state index in [-0.39, 0.29) is 40.6 Å². The first-order valence-corrected chi connectivity index (χ1v) is 10.9. The summed E-state index contributed by atoms with van der Waals surface area (Å²) in [6, 6.07) is 29.6. The molecule has 0 unspecified atom stereocenters. The van der Waals surface area contributed by atoms with E-state index in [1.807, 2.05) is 48.5 Å². The average molecular weight is 464 g/mol. The number of carbonyl (C=O) groups excluding carboxylic acids is 1. The van der Waals surface area contributed by atoms with Crippen molar-refractivity contribution in [1.82, 2.24) is 0 Å². The smallest absolute Gasteiger partial charge is 0.343 e. The van der Waals surface area contributed by atoms with Crippen LogP contribution in [0.3, 0.4) is 0 Å². The van der Waals surface area contributed by atoms with Crippen molar-refractivity contribution in [3.05, 3.63) is 124 Å². The van der Waals surface area contributed by atoms with E-state index in [0.717, 1.165) is 5.56 Å². The first kappa shape index (κ1) is 22.0. The first-order valence-electron chi connectivity index (χ1n) is 10.9. The molecule has 5 rings (SSSR count). The van der Waals surface area contributed by atoms with E-state index in [1.165, 1.54) is 12.1 Å².